The Morgan fingerprint density at radius 2 is 2.15 bits per heavy atom. The van der Waals surface area contributed by atoms with Gasteiger partial charge in [0.15, 0.2) is 0 Å². The fourth-order valence-electron chi connectivity index (χ4n) is 4.95. The molecule has 1 N–H and O–H groups in total. The van der Waals surface area contributed by atoms with E-state index in [0.717, 1.165) is 64.1 Å². The summed E-state index contributed by atoms with van der Waals surface area (Å²) in [6, 6.07) is 1.93. The van der Waals surface area contributed by atoms with Gasteiger partial charge in [0.25, 0.3) is 0 Å². The van der Waals surface area contributed by atoms with Crippen LogP contribution in [0, 0.1) is 17.3 Å². The molecular weight excluding hydrogens is 328 g/mol. The summed E-state index contributed by atoms with van der Waals surface area (Å²) >= 11 is 0. The van der Waals surface area contributed by atoms with Gasteiger partial charge in [-0.3, -0.25) is 4.79 Å². The van der Waals surface area contributed by atoms with Crippen LogP contribution < -0.4 is 4.90 Å². The first-order valence-electron chi connectivity index (χ1n) is 9.77. The van der Waals surface area contributed by atoms with Gasteiger partial charge in [-0.25, -0.2) is 9.97 Å². The van der Waals surface area contributed by atoms with Crippen molar-refractivity contribution in [2.24, 2.45) is 17.3 Å². The quantitative estimate of drug-likeness (QED) is 0.838. The van der Waals surface area contributed by atoms with Crippen LogP contribution >= 0.6 is 0 Å². The summed E-state index contributed by atoms with van der Waals surface area (Å²) in [4.78, 5) is 25.5. The number of allylic oxidation sites excluding steroid dienone is 2. The van der Waals surface area contributed by atoms with Gasteiger partial charge in [-0.2, -0.15) is 0 Å². The summed E-state index contributed by atoms with van der Waals surface area (Å²) in [6.07, 6.45) is 12.5. The molecule has 1 amide bonds. The Morgan fingerprint density at radius 3 is 2.81 bits per heavy atom. The van der Waals surface area contributed by atoms with Gasteiger partial charge in [0.1, 0.15) is 12.1 Å². The van der Waals surface area contributed by atoms with Crippen LogP contribution in [0.2, 0.25) is 0 Å². The van der Waals surface area contributed by atoms with Crippen molar-refractivity contribution < 1.29 is 9.90 Å². The number of amides is 1. The lowest BCUT2D eigenvalue weighted by Crippen LogP contribution is -2.48. The van der Waals surface area contributed by atoms with Crippen LogP contribution in [0.3, 0.4) is 0 Å². The zero-order valence-electron chi connectivity index (χ0n) is 15.3. The highest BCUT2D eigenvalue weighted by molar-refractivity contribution is 5.79. The smallest absolute Gasteiger partial charge is 0.226 e. The van der Waals surface area contributed by atoms with Gasteiger partial charge >= 0.3 is 0 Å². The van der Waals surface area contributed by atoms with E-state index in [1.807, 2.05) is 6.07 Å². The van der Waals surface area contributed by atoms with Gasteiger partial charge in [-0.15, -0.1) is 0 Å². The fourth-order valence-corrected chi connectivity index (χ4v) is 4.95. The molecule has 0 saturated carbocycles. The van der Waals surface area contributed by atoms with Crippen LogP contribution in [0.1, 0.15) is 32.1 Å². The van der Waals surface area contributed by atoms with Crippen molar-refractivity contribution >= 4 is 11.7 Å². The third-order valence-electron chi connectivity index (χ3n) is 6.61. The van der Waals surface area contributed by atoms with Gasteiger partial charge in [0.05, 0.1) is 0 Å². The number of hydrogen-bond donors (Lipinski definition) is 1. The maximum Gasteiger partial charge on any atom is 0.226 e. The highest BCUT2D eigenvalue weighted by Crippen LogP contribution is 2.45. The minimum atomic E-state index is 0.0863. The summed E-state index contributed by atoms with van der Waals surface area (Å²) in [6.45, 7) is 3.56. The molecule has 1 aromatic rings. The van der Waals surface area contributed by atoms with E-state index in [1.54, 1.807) is 12.5 Å². The van der Waals surface area contributed by atoms with E-state index >= 15 is 0 Å². The molecule has 2 aliphatic heterocycles. The normalized spacial score (nSPS) is 27.9. The second-order valence-electron chi connectivity index (χ2n) is 8.00. The maximum absolute atomic E-state index is 12.8. The third-order valence-corrected chi connectivity index (χ3v) is 6.61. The summed E-state index contributed by atoms with van der Waals surface area (Å²) in [5.41, 5.74) is 0.0863. The van der Waals surface area contributed by atoms with Crippen molar-refractivity contribution in [1.29, 1.82) is 0 Å². The Morgan fingerprint density at radius 1 is 1.31 bits per heavy atom. The first kappa shape index (κ1) is 17.5. The SMILES string of the molecule is O=C(C1CC=CCC1)N1CCC2(CC1)CN(c1ccncn1)CC2CO. The van der Waals surface area contributed by atoms with E-state index in [4.69, 9.17) is 0 Å². The molecule has 3 heterocycles. The second kappa shape index (κ2) is 7.35. The van der Waals surface area contributed by atoms with Crippen LogP contribution in [0.5, 0.6) is 0 Å². The van der Waals surface area contributed by atoms with E-state index in [2.05, 4.69) is 31.9 Å². The lowest BCUT2D eigenvalue weighted by atomic mass is 9.71. The average molecular weight is 356 g/mol. The standard InChI is InChI=1S/C20H28N4O2/c25-13-17-12-24(18-6-9-21-15-22-18)14-20(17)7-10-23(11-8-20)19(26)16-4-2-1-3-5-16/h1-2,6,9,15-17,25H,3-5,7-8,10-14H2. The van der Waals surface area contributed by atoms with Gasteiger partial charge in [0, 0.05) is 50.8 Å². The molecule has 1 spiro atoms. The molecule has 0 bridgehead atoms. The number of anilines is 1. The van der Waals surface area contributed by atoms with Crippen LogP contribution in [0.4, 0.5) is 5.82 Å². The van der Waals surface area contributed by atoms with Gasteiger partial charge in [-0.1, -0.05) is 12.2 Å². The highest BCUT2D eigenvalue weighted by atomic mass is 16.3. The second-order valence-corrected chi connectivity index (χ2v) is 8.00. The molecule has 3 aliphatic rings. The lowest BCUT2D eigenvalue weighted by molar-refractivity contribution is -0.138. The Kier molecular flexibility index (Phi) is 4.94. The minimum Gasteiger partial charge on any atom is -0.396 e. The molecule has 140 valence electrons. The molecule has 2 fully saturated rings. The number of hydrogen-bond acceptors (Lipinski definition) is 5. The van der Waals surface area contributed by atoms with Gasteiger partial charge in [-0.05, 0) is 43.6 Å². The number of aromatic nitrogens is 2. The zero-order valence-corrected chi connectivity index (χ0v) is 15.3. The largest absolute Gasteiger partial charge is 0.396 e. The van der Waals surface area contributed by atoms with Crippen molar-refractivity contribution in [2.75, 3.05) is 37.7 Å². The number of piperidine rings is 1. The van der Waals surface area contributed by atoms with Crippen LogP contribution in [-0.2, 0) is 4.79 Å². The van der Waals surface area contributed by atoms with Crippen LogP contribution in [-0.4, -0.2) is 58.7 Å². The zero-order chi connectivity index (χ0) is 18.0. The average Bonchev–Trinajstić information content (AvgIpc) is 3.07. The predicted molar refractivity (Wildman–Crippen MR) is 99.5 cm³/mol. The highest BCUT2D eigenvalue weighted by Gasteiger charge is 2.48. The number of carbonyl (C=O) groups excluding carboxylic acids is 1. The van der Waals surface area contributed by atoms with Crippen molar-refractivity contribution in [3.8, 4) is 0 Å². The van der Waals surface area contributed by atoms with E-state index in [-0.39, 0.29) is 23.9 Å². The minimum absolute atomic E-state index is 0.0863. The number of likely N-dealkylation sites (tertiary alicyclic amines) is 1. The van der Waals surface area contributed by atoms with Crippen molar-refractivity contribution in [2.45, 2.75) is 32.1 Å². The molecule has 2 unspecified atom stereocenters. The van der Waals surface area contributed by atoms with Crippen LogP contribution in [0.15, 0.2) is 30.7 Å². The molecule has 2 atom stereocenters. The summed E-state index contributed by atoms with van der Waals surface area (Å²) in [5, 5.41) is 9.98. The number of carbonyl (C=O) groups is 1. The molecule has 6 nitrogen and oxygen atoms in total. The topological polar surface area (TPSA) is 69.6 Å². The Balaban J connectivity index is 1.42. The van der Waals surface area contributed by atoms with Gasteiger partial charge in [0.2, 0.25) is 5.91 Å². The fraction of sp³-hybridized carbons (Fsp3) is 0.650. The van der Waals surface area contributed by atoms with Crippen molar-refractivity contribution in [3.63, 3.8) is 0 Å². The van der Waals surface area contributed by atoms with E-state index in [1.165, 1.54) is 0 Å². The number of rotatable bonds is 3. The summed E-state index contributed by atoms with van der Waals surface area (Å²) < 4.78 is 0. The van der Waals surface area contributed by atoms with Crippen molar-refractivity contribution in [1.82, 2.24) is 14.9 Å². The molecule has 0 radical (unpaired) electrons. The summed E-state index contributed by atoms with van der Waals surface area (Å²) in [5.74, 6) is 1.68. The van der Waals surface area contributed by atoms with E-state index < -0.39 is 0 Å². The third kappa shape index (κ3) is 3.22. The van der Waals surface area contributed by atoms with Crippen molar-refractivity contribution in [3.05, 3.63) is 30.7 Å². The Labute approximate surface area is 154 Å². The summed E-state index contributed by atoms with van der Waals surface area (Å²) in [7, 11) is 0. The number of aliphatic hydroxyl groups excluding tert-OH is 1. The maximum atomic E-state index is 12.8. The number of nitrogens with zero attached hydrogens (tertiary/aromatic N) is 4. The predicted octanol–water partition coefficient (Wildman–Crippen LogP) is 1.87. The molecule has 2 saturated heterocycles. The number of aliphatic hydroxyl groups is 1. The van der Waals surface area contributed by atoms with E-state index in [0.29, 0.717) is 5.91 Å². The molecule has 1 aromatic heterocycles. The van der Waals surface area contributed by atoms with Crippen LogP contribution in [0.25, 0.3) is 0 Å². The molecule has 6 heteroatoms. The van der Waals surface area contributed by atoms with E-state index in [9.17, 15) is 9.90 Å². The molecule has 26 heavy (non-hydrogen) atoms. The monoisotopic (exact) mass is 356 g/mol. The Bertz CT molecular complexity index is 655. The van der Waals surface area contributed by atoms with Gasteiger partial charge < -0.3 is 14.9 Å². The first-order valence-corrected chi connectivity index (χ1v) is 9.77. The Hall–Kier alpha value is -1.95. The lowest BCUT2D eigenvalue weighted by Gasteiger charge is -2.43. The molecule has 4 rings (SSSR count). The molecule has 1 aliphatic carbocycles. The first-order chi connectivity index (χ1) is 12.7. The molecule has 0 aromatic carbocycles. The molecular formula is C20H28N4O2.